The van der Waals surface area contributed by atoms with E-state index in [9.17, 15) is 96.2 Å². The zero-order valence-electron chi connectivity index (χ0n) is 31.1. The van der Waals surface area contributed by atoms with Gasteiger partial charge in [0.25, 0.3) is 0 Å². The predicted octanol–water partition coefficient (Wildman–Crippen LogP) is -9.62. The molecule has 4 aliphatic rings. The van der Waals surface area contributed by atoms with Crippen molar-refractivity contribution in [2.75, 3.05) is 13.2 Å². The van der Waals surface area contributed by atoms with E-state index in [1.54, 1.807) is 0 Å². The lowest BCUT2D eigenvalue weighted by molar-refractivity contribution is -0.367. The molecule has 0 spiro atoms. The largest absolute Gasteiger partial charge is 0.479 e. The van der Waals surface area contributed by atoms with Crippen molar-refractivity contribution >= 4 is 44.6 Å². The maximum atomic E-state index is 12.6. The lowest BCUT2D eigenvalue weighted by Crippen LogP contribution is -2.71. The molecule has 0 aliphatic carbocycles. The first-order chi connectivity index (χ1) is 28.2. The second kappa shape index (κ2) is 20.2. The zero-order chi connectivity index (χ0) is 46.0. The summed E-state index contributed by atoms with van der Waals surface area (Å²) in [6, 6.07) is -4.04. The highest BCUT2D eigenvalue weighted by molar-refractivity contribution is 7.81. The van der Waals surface area contributed by atoms with Gasteiger partial charge in [0.05, 0.1) is 13.2 Å². The SMILES string of the molecule is CC(=O)N[C@@H]1[C@@H](O[C@@H]2O[C@H](C(=O)O)[C@@H](O[C@@H]3O[C@H](CO)[C@H](OS(=O)(=O)O)[C@H](O[C@@H]4O[C@H](C(=O)O)[C@@H](O)[C@H](O)[C@H]4O)[C@H]3NC(C)=O)[C@H](O)[C@H]2O)[C@@H](OS(=O)(=O)O)[C@@H](CO)O[C@H]1O. The molecule has 0 saturated carbocycles. The van der Waals surface area contributed by atoms with Gasteiger partial charge in [0.15, 0.2) is 37.4 Å². The molecule has 4 rings (SSSR count). The van der Waals surface area contributed by atoms with E-state index >= 15 is 0 Å². The average Bonchev–Trinajstić information content (AvgIpc) is 3.13. The monoisotopic (exact) mass is 936 g/mol. The van der Waals surface area contributed by atoms with Gasteiger partial charge < -0.3 is 94.9 Å². The van der Waals surface area contributed by atoms with Crippen LogP contribution in [0.5, 0.6) is 0 Å². The first-order valence-corrected chi connectivity index (χ1v) is 20.1. The number of carbonyl (C=O) groups is 4. The van der Waals surface area contributed by atoms with Gasteiger partial charge in [-0.25, -0.2) is 18.0 Å². The molecule has 0 aromatic rings. The Hall–Kier alpha value is -2.98. The van der Waals surface area contributed by atoms with E-state index in [1.165, 1.54) is 0 Å². The number of carboxylic acid groups (broad SMARTS) is 2. The number of carbonyl (C=O) groups excluding carboxylic acids is 2. The molecule has 352 valence electrons. The molecule has 0 bridgehead atoms. The highest BCUT2D eigenvalue weighted by Crippen LogP contribution is 2.36. The molecule has 0 radical (unpaired) electrons. The summed E-state index contributed by atoms with van der Waals surface area (Å²) in [4.78, 5) is 48.9. The summed E-state index contributed by atoms with van der Waals surface area (Å²) >= 11 is 0. The van der Waals surface area contributed by atoms with Gasteiger partial charge in [0, 0.05) is 13.8 Å². The van der Waals surface area contributed by atoms with Crippen molar-refractivity contribution in [3.8, 4) is 0 Å². The van der Waals surface area contributed by atoms with E-state index in [0.717, 1.165) is 13.8 Å². The summed E-state index contributed by atoms with van der Waals surface area (Å²) in [7, 11) is -11.1. The number of aliphatic hydroxyl groups is 8. The Morgan fingerprint density at radius 3 is 1.38 bits per heavy atom. The van der Waals surface area contributed by atoms with Gasteiger partial charge in [-0.15, -0.1) is 0 Å². The third-order valence-corrected chi connectivity index (χ3v) is 10.3. The summed E-state index contributed by atoms with van der Waals surface area (Å²) in [6.07, 6.45) is -41.8. The third-order valence-electron chi connectivity index (χ3n) is 9.35. The van der Waals surface area contributed by atoms with Crippen LogP contribution in [0.2, 0.25) is 0 Å². The summed E-state index contributed by atoms with van der Waals surface area (Å²) in [5, 5.41) is 108. The van der Waals surface area contributed by atoms with Crippen molar-refractivity contribution < 1.29 is 138 Å². The Balaban J connectivity index is 1.73. The van der Waals surface area contributed by atoms with Crippen LogP contribution in [0, 0.1) is 0 Å². The van der Waals surface area contributed by atoms with Crippen LogP contribution in [0.3, 0.4) is 0 Å². The summed E-state index contributed by atoms with van der Waals surface area (Å²) in [6.45, 7) is -0.754. The Bertz CT molecular complexity index is 1790. The van der Waals surface area contributed by atoms with Crippen LogP contribution in [0.25, 0.3) is 0 Å². The molecule has 14 N–H and O–H groups in total. The normalized spacial score (nSPS) is 42.3. The van der Waals surface area contributed by atoms with Crippen LogP contribution >= 0.6 is 0 Å². The zero-order valence-corrected chi connectivity index (χ0v) is 32.7. The van der Waals surface area contributed by atoms with Crippen molar-refractivity contribution in [3.63, 3.8) is 0 Å². The fourth-order valence-corrected chi connectivity index (χ4v) is 7.80. The number of hydrogen-bond donors (Lipinski definition) is 14. The Morgan fingerprint density at radius 2 is 0.934 bits per heavy atom. The molecule has 4 heterocycles. The second-order valence-corrected chi connectivity index (χ2v) is 15.8. The average molecular weight is 937 g/mol. The molecule has 2 amide bonds. The van der Waals surface area contributed by atoms with E-state index in [1.807, 2.05) is 0 Å². The number of carboxylic acids is 2. The van der Waals surface area contributed by atoms with Crippen LogP contribution in [0.15, 0.2) is 0 Å². The van der Waals surface area contributed by atoms with Crippen molar-refractivity contribution in [2.45, 2.75) is 137 Å². The van der Waals surface area contributed by atoms with Gasteiger partial charge in [-0.3, -0.25) is 18.7 Å². The van der Waals surface area contributed by atoms with E-state index in [4.69, 9.17) is 33.2 Å². The number of rotatable bonds is 16. The smallest absolute Gasteiger partial charge is 0.397 e. The van der Waals surface area contributed by atoms with E-state index < -0.39 is 180 Å². The first kappa shape index (κ1) is 50.7. The quantitative estimate of drug-likeness (QED) is 0.0639. The standard InChI is InChI=1S/C28H44N2O29S2/c1-5(33)29-9-18(16(58-60(45,46)47)7(3-31)51-25(9)44)53-28-15(39)13(37)20(22(57-28)24(42)43)55-26-10(30-6(2)34)19(17(8(4-32)52-26)59-61(48,49)50)54-27-14(38)11(35)12(36)21(56-27)23(40)41/h7-22,25-28,31-32,35-39,44H,3-4H2,1-2H3,(H,29,33)(H,30,34)(H,40,41)(H,42,43)(H,45,46,47)(H,48,49,50)/t7-,8-,9-,10-,11+,12+,13-,14-,15-,16+,17+,18-,19-,20+,21+,22+,25-,26+,27-,28-/m1/s1. The van der Waals surface area contributed by atoms with Crippen LogP contribution in [-0.2, 0) is 81.5 Å². The molecule has 0 aromatic heterocycles. The molecule has 61 heavy (non-hydrogen) atoms. The number of hydrogen-bond acceptors (Lipinski definition) is 25. The fourth-order valence-electron chi connectivity index (χ4n) is 6.78. The highest BCUT2D eigenvalue weighted by Gasteiger charge is 2.59. The minimum absolute atomic E-state index is 0.823. The van der Waals surface area contributed by atoms with Gasteiger partial charge in [-0.2, -0.15) is 16.8 Å². The maximum Gasteiger partial charge on any atom is 0.397 e. The predicted molar refractivity (Wildman–Crippen MR) is 179 cm³/mol. The minimum Gasteiger partial charge on any atom is -0.479 e. The second-order valence-electron chi connectivity index (χ2n) is 13.7. The third kappa shape index (κ3) is 12.2. The number of ether oxygens (including phenoxy) is 7. The van der Waals surface area contributed by atoms with E-state index in [-0.39, 0.29) is 0 Å². The number of amides is 2. The molecule has 33 heteroatoms. The van der Waals surface area contributed by atoms with Crippen molar-refractivity contribution in [2.24, 2.45) is 0 Å². The van der Waals surface area contributed by atoms with Gasteiger partial charge in [-0.05, 0) is 0 Å². The highest BCUT2D eigenvalue weighted by atomic mass is 32.3. The van der Waals surface area contributed by atoms with Gasteiger partial charge in [0.2, 0.25) is 11.8 Å². The van der Waals surface area contributed by atoms with Gasteiger partial charge in [0.1, 0.15) is 85.3 Å². The van der Waals surface area contributed by atoms with Crippen molar-refractivity contribution in [1.82, 2.24) is 10.6 Å². The molecule has 4 fully saturated rings. The Morgan fingerprint density at radius 1 is 0.525 bits per heavy atom. The van der Waals surface area contributed by atoms with Crippen molar-refractivity contribution in [3.05, 3.63) is 0 Å². The van der Waals surface area contributed by atoms with Crippen molar-refractivity contribution in [1.29, 1.82) is 0 Å². The molecule has 4 saturated heterocycles. The Kier molecular flexibility index (Phi) is 16.8. The molecule has 20 atom stereocenters. The van der Waals surface area contributed by atoms with Gasteiger partial charge in [-0.1, -0.05) is 0 Å². The first-order valence-electron chi connectivity index (χ1n) is 17.4. The molecular weight excluding hydrogens is 892 g/mol. The summed E-state index contributed by atoms with van der Waals surface area (Å²) in [5.74, 6) is -5.99. The van der Waals surface area contributed by atoms with Gasteiger partial charge >= 0.3 is 32.7 Å². The number of nitrogens with one attached hydrogen (secondary N) is 2. The molecule has 0 unspecified atom stereocenters. The van der Waals surface area contributed by atoms with Crippen LogP contribution in [0.4, 0.5) is 0 Å². The lowest BCUT2D eigenvalue weighted by atomic mass is 9.94. The minimum atomic E-state index is -5.60. The summed E-state index contributed by atoms with van der Waals surface area (Å²) in [5.41, 5.74) is 0. The topological polar surface area (TPSA) is 486 Å². The fraction of sp³-hybridized carbons (Fsp3) is 0.857. The molecule has 31 nitrogen and oxygen atoms in total. The maximum absolute atomic E-state index is 12.6. The van der Waals surface area contributed by atoms with Crippen LogP contribution in [0.1, 0.15) is 13.8 Å². The number of aliphatic hydroxyl groups excluding tert-OH is 8. The van der Waals surface area contributed by atoms with E-state index in [0.29, 0.717) is 0 Å². The number of aliphatic carboxylic acids is 2. The molecule has 0 aromatic carbocycles. The molecule has 4 aliphatic heterocycles. The van der Waals surface area contributed by atoms with Crippen LogP contribution in [-0.4, -0.2) is 237 Å². The Labute approximate surface area is 342 Å². The molecular formula is C28H44N2O29S2. The lowest BCUT2D eigenvalue weighted by Gasteiger charge is -2.50. The van der Waals surface area contributed by atoms with E-state index in [2.05, 4.69) is 19.0 Å². The van der Waals surface area contributed by atoms with Crippen LogP contribution < -0.4 is 10.6 Å². The summed E-state index contributed by atoms with van der Waals surface area (Å²) < 4.78 is 113.